The molecule has 0 bridgehead atoms. The van der Waals surface area contributed by atoms with Crippen LogP contribution in [0.1, 0.15) is 73.5 Å². The first-order valence-corrected chi connectivity index (χ1v) is 13.3. The number of carbonyl (C=O) groups excluding carboxylic acids is 3. The summed E-state index contributed by atoms with van der Waals surface area (Å²) in [5.74, 6) is -0.856. The monoisotopic (exact) mass is 555 g/mol. The van der Waals surface area contributed by atoms with E-state index in [0.29, 0.717) is 29.2 Å². The fraction of sp³-hybridized carbons (Fsp3) is 0.500. The number of halogens is 1. The number of rotatable bonds is 9. The molecule has 1 aromatic heterocycles. The Kier molecular flexibility index (Phi) is 9.28. The molecular formula is C28H34FN5O6. The van der Waals surface area contributed by atoms with E-state index in [1.807, 2.05) is 0 Å². The number of ether oxygens (including phenoxy) is 2. The second kappa shape index (κ2) is 12.8. The van der Waals surface area contributed by atoms with Gasteiger partial charge in [-0.25, -0.2) is 14.4 Å². The van der Waals surface area contributed by atoms with Crippen LogP contribution in [0.4, 0.5) is 4.39 Å². The molecule has 2 heterocycles. The third kappa shape index (κ3) is 7.30. The van der Waals surface area contributed by atoms with E-state index in [-0.39, 0.29) is 42.0 Å². The van der Waals surface area contributed by atoms with Gasteiger partial charge in [-0.2, -0.15) is 0 Å². The van der Waals surface area contributed by atoms with Crippen molar-refractivity contribution in [2.75, 3.05) is 7.11 Å². The minimum absolute atomic E-state index is 0.0186. The average molecular weight is 556 g/mol. The van der Waals surface area contributed by atoms with E-state index in [4.69, 9.17) is 14.3 Å². The lowest BCUT2D eigenvalue weighted by atomic mass is 9.81. The first-order chi connectivity index (χ1) is 19.1. The van der Waals surface area contributed by atoms with Crippen molar-refractivity contribution in [3.63, 3.8) is 0 Å². The first-order valence-electron chi connectivity index (χ1n) is 13.3. The van der Waals surface area contributed by atoms with E-state index in [1.165, 1.54) is 26.2 Å². The molecule has 1 fully saturated rings. The molecule has 4 rings (SSSR count). The minimum atomic E-state index is -0.820. The molecule has 40 heavy (non-hydrogen) atoms. The Hall–Kier alpha value is -4.09. The van der Waals surface area contributed by atoms with Crippen molar-refractivity contribution in [1.82, 2.24) is 20.6 Å². The highest BCUT2D eigenvalue weighted by Gasteiger charge is 2.35. The standard InChI is InChI=1S/C28H34FN5O6/c1-15(39-17(3)35)27(36)33-20-8-6-19(7-9-20)25-13-23(34-40-25)22-12-24(32-16(2)31-22)28(37)30-14-18-5-10-21(29)26(11-18)38-4/h5,10-12,15,19-20,25H,6-9,13-14H2,1-4H3,(H,30,37)(H,33,36). The summed E-state index contributed by atoms with van der Waals surface area (Å²) in [5.41, 5.74) is 2.06. The molecule has 11 nitrogen and oxygen atoms in total. The lowest BCUT2D eigenvalue weighted by molar-refractivity contribution is -0.153. The smallest absolute Gasteiger partial charge is 0.303 e. The zero-order valence-corrected chi connectivity index (χ0v) is 23.0. The van der Waals surface area contributed by atoms with Crippen molar-refractivity contribution in [1.29, 1.82) is 0 Å². The molecule has 2 atom stereocenters. The number of benzene rings is 1. The van der Waals surface area contributed by atoms with E-state index < -0.39 is 23.8 Å². The molecule has 214 valence electrons. The number of aromatic nitrogens is 2. The summed E-state index contributed by atoms with van der Waals surface area (Å²) in [6.45, 7) is 4.71. The number of esters is 1. The maximum atomic E-state index is 13.7. The molecule has 2 aliphatic rings. The normalized spacial score (nSPS) is 21.0. The second-order valence-corrected chi connectivity index (χ2v) is 10.1. The number of amides is 2. The molecule has 1 saturated carbocycles. The number of oxime groups is 1. The van der Waals surface area contributed by atoms with Crippen LogP contribution in [0.15, 0.2) is 29.4 Å². The molecular weight excluding hydrogens is 521 g/mol. The number of nitrogens with one attached hydrogen (secondary N) is 2. The maximum Gasteiger partial charge on any atom is 0.303 e. The Bertz CT molecular complexity index is 1290. The maximum absolute atomic E-state index is 13.7. The predicted octanol–water partition coefficient (Wildman–Crippen LogP) is 2.98. The minimum Gasteiger partial charge on any atom is -0.494 e. The number of nitrogens with zero attached hydrogens (tertiary/aromatic N) is 3. The van der Waals surface area contributed by atoms with Gasteiger partial charge in [0, 0.05) is 25.9 Å². The Balaban J connectivity index is 1.30. The molecule has 2 N–H and O–H groups in total. The summed E-state index contributed by atoms with van der Waals surface area (Å²) in [7, 11) is 1.38. The number of aryl methyl sites for hydroxylation is 1. The summed E-state index contributed by atoms with van der Waals surface area (Å²) < 4.78 is 23.6. The van der Waals surface area contributed by atoms with Gasteiger partial charge in [0.2, 0.25) is 0 Å². The molecule has 1 aliphatic heterocycles. The van der Waals surface area contributed by atoms with Gasteiger partial charge in [0.05, 0.1) is 12.8 Å². The van der Waals surface area contributed by atoms with Crippen LogP contribution < -0.4 is 15.4 Å². The topological polar surface area (TPSA) is 141 Å². The number of carbonyl (C=O) groups is 3. The molecule has 1 aromatic carbocycles. The highest BCUT2D eigenvalue weighted by Crippen LogP contribution is 2.33. The summed E-state index contributed by atoms with van der Waals surface area (Å²) >= 11 is 0. The third-order valence-electron chi connectivity index (χ3n) is 7.08. The van der Waals surface area contributed by atoms with Crippen molar-refractivity contribution in [3.05, 3.63) is 52.9 Å². The largest absolute Gasteiger partial charge is 0.494 e. The zero-order chi connectivity index (χ0) is 28.8. The van der Waals surface area contributed by atoms with Crippen LogP contribution in [-0.4, -0.2) is 58.8 Å². The van der Waals surface area contributed by atoms with Gasteiger partial charge in [-0.3, -0.25) is 14.4 Å². The van der Waals surface area contributed by atoms with Crippen LogP contribution >= 0.6 is 0 Å². The van der Waals surface area contributed by atoms with Crippen LogP contribution in [-0.2, 0) is 25.7 Å². The highest BCUT2D eigenvalue weighted by atomic mass is 19.1. The molecule has 2 aromatic rings. The Morgan fingerprint density at radius 1 is 1.15 bits per heavy atom. The van der Waals surface area contributed by atoms with Crippen LogP contribution in [0.2, 0.25) is 0 Å². The summed E-state index contributed by atoms with van der Waals surface area (Å²) in [5, 5.41) is 10.0. The summed E-state index contributed by atoms with van der Waals surface area (Å²) in [4.78, 5) is 50.7. The van der Waals surface area contributed by atoms with Gasteiger partial charge < -0.3 is 24.9 Å². The fourth-order valence-electron chi connectivity index (χ4n) is 4.98. The Morgan fingerprint density at radius 2 is 1.90 bits per heavy atom. The van der Waals surface area contributed by atoms with Crippen molar-refractivity contribution in [2.24, 2.45) is 11.1 Å². The first kappa shape index (κ1) is 28.9. The van der Waals surface area contributed by atoms with Gasteiger partial charge in [-0.1, -0.05) is 11.2 Å². The van der Waals surface area contributed by atoms with Gasteiger partial charge in [0.1, 0.15) is 23.3 Å². The SMILES string of the molecule is COc1cc(CNC(=O)c2cc(C3=NOC(C4CCC(NC(=O)C(C)OC(C)=O)CC4)C3)nc(C)n2)ccc1F. The van der Waals surface area contributed by atoms with Gasteiger partial charge in [-0.15, -0.1) is 0 Å². The second-order valence-electron chi connectivity index (χ2n) is 10.1. The van der Waals surface area contributed by atoms with E-state index in [1.54, 1.807) is 26.0 Å². The zero-order valence-electron chi connectivity index (χ0n) is 23.0. The van der Waals surface area contributed by atoms with Crippen molar-refractivity contribution in [2.45, 2.75) is 77.7 Å². The quantitative estimate of drug-likeness (QED) is 0.450. The molecule has 0 spiro atoms. The summed E-state index contributed by atoms with van der Waals surface area (Å²) in [6.07, 6.45) is 2.89. The number of hydrogen-bond acceptors (Lipinski definition) is 9. The van der Waals surface area contributed by atoms with Crippen LogP contribution in [0, 0.1) is 18.7 Å². The van der Waals surface area contributed by atoms with E-state index >= 15 is 0 Å². The molecule has 0 radical (unpaired) electrons. The molecule has 1 aliphatic carbocycles. The lowest BCUT2D eigenvalue weighted by Gasteiger charge is -2.31. The molecule has 2 unspecified atom stereocenters. The molecule has 0 saturated heterocycles. The van der Waals surface area contributed by atoms with E-state index in [2.05, 4.69) is 25.8 Å². The van der Waals surface area contributed by atoms with Crippen LogP contribution in [0.3, 0.4) is 0 Å². The third-order valence-corrected chi connectivity index (χ3v) is 7.08. The summed E-state index contributed by atoms with van der Waals surface area (Å²) in [6, 6.07) is 6.00. The van der Waals surface area contributed by atoms with Crippen LogP contribution in [0.5, 0.6) is 5.75 Å². The van der Waals surface area contributed by atoms with Crippen molar-refractivity contribution in [3.8, 4) is 5.75 Å². The van der Waals surface area contributed by atoms with Gasteiger partial charge >= 0.3 is 5.97 Å². The van der Waals surface area contributed by atoms with Crippen molar-refractivity contribution >= 4 is 23.5 Å². The molecule has 2 amide bonds. The highest BCUT2D eigenvalue weighted by molar-refractivity contribution is 6.02. The lowest BCUT2D eigenvalue weighted by Crippen LogP contribution is -2.44. The number of methoxy groups -OCH3 is 1. The van der Waals surface area contributed by atoms with Gasteiger partial charge in [0.25, 0.3) is 11.8 Å². The van der Waals surface area contributed by atoms with Crippen LogP contribution in [0.25, 0.3) is 0 Å². The average Bonchev–Trinajstić information content (AvgIpc) is 3.42. The van der Waals surface area contributed by atoms with Gasteiger partial charge in [0.15, 0.2) is 17.7 Å². The predicted molar refractivity (Wildman–Crippen MR) is 142 cm³/mol. The van der Waals surface area contributed by atoms with E-state index in [0.717, 1.165) is 25.7 Å². The Labute approximate surface area is 231 Å². The Morgan fingerprint density at radius 3 is 2.60 bits per heavy atom. The fourth-order valence-corrected chi connectivity index (χ4v) is 4.98. The van der Waals surface area contributed by atoms with Crippen molar-refractivity contribution < 1.29 is 33.1 Å². The van der Waals surface area contributed by atoms with Gasteiger partial charge in [-0.05, 0) is 69.2 Å². The number of hydrogen-bond donors (Lipinski definition) is 2. The molecule has 12 heteroatoms. The van der Waals surface area contributed by atoms with E-state index in [9.17, 15) is 18.8 Å².